The summed E-state index contributed by atoms with van der Waals surface area (Å²) in [5.41, 5.74) is 2.03. The second-order valence-corrected chi connectivity index (χ2v) is 6.07. The highest BCUT2D eigenvalue weighted by molar-refractivity contribution is 5.92. The average molecular weight is 380 g/mol. The van der Waals surface area contributed by atoms with Crippen molar-refractivity contribution in [3.63, 3.8) is 0 Å². The van der Waals surface area contributed by atoms with E-state index < -0.39 is 5.91 Å². The van der Waals surface area contributed by atoms with Gasteiger partial charge in [-0.05, 0) is 50.2 Å². The molecule has 0 saturated carbocycles. The Morgan fingerprint density at radius 2 is 1.86 bits per heavy atom. The average Bonchev–Trinajstić information content (AvgIpc) is 2.68. The zero-order valence-electron chi connectivity index (χ0n) is 15.7. The van der Waals surface area contributed by atoms with Gasteiger partial charge in [-0.2, -0.15) is 0 Å². The van der Waals surface area contributed by atoms with Gasteiger partial charge in [-0.15, -0.1) is 0 Å². The van der Waals surface area contributed by atoms with Gasteiger partial charge in [-0.1, -0.05) is 18.2 Å². The molecule has 1 amide bonds. The number of rotatable bonds is 7. The van der Waals surface area contributed by atoms with Gasteiger partial charge in [0.05, 0.1) is 6.61 Å². The first-order valence-corrected chi connectivity index (χ1v) is 8.92. The molecule has 0 aliphatic carbocycles. The lowest BCUT2D eigenvalue weighted by molar-refractivity contribution is 0.0945. The molecular weight excluding hydrogens is 359 g/mol. The van der Waals surface area contributed by atoms with Crippen LogP contribution in [0, 0.1) is 12.7 Å². The number of carbonyl (C=O) groups excluding carboxylic acids is 1. The Morgan fingerprint density at radius 3 is 2.57 bits per heavy atom. The number of aryl methyl sites for hydroxylation is 1. The van der Waals surface area contributed by atoms with Gasteiger partial charge in [0.25, 0.3) is 5.91 Å². The first-order chi connectivity index (χ1) is 13.5. The van der Waals surface area contributed by atoms with E-state index in [4.69, 9.17) is 4.74 Å². The number of ether oxygens (including phenoxy) is 1. The Bertz CT molecular complexity index is 961. The summed E-state index contributed by atoms with van der Waals surface area (Å²) in [6.07, 6.45) is 0. The van der Waals surface area contributed by atoms with Crippen LogP contribution in [0.5, 0.6) is 5.75 Å². The molecule has 2 aromatic carbocycles. The first-order valence-electron chi connectivity index (χ1n) is 8.92. The SMILES string of the molecule is CCOc1ccc(Nc2nc(C)cc(C(=O)NCc3ccccc3F)n2)cc1. The van der Waals surface area contributed by atoms with E-state index >= 15 is 0 Å². The summed E-state index contributed by atoms with van der Waals surface area (Å²) in [5, 5.41) is 5.76. The monoisotopic (exact) mass is 380 g/mol. The number of benzene rings is 2. The van der Waals surface area contributed by atoms with Crippen LogP contribution in [-0.2, 0) is 6.54 Å². The predicted molar refractivity (Wildman–Crippen MR) is 105 cm³/mol. The van der Waals surface area contributed by atoms with Crippen LogP contribution in [0.25, 0.3) is 0 Å². The van der Waals surface area contributed by atoms with Crippen LogP contribution < -0.4 is 15.4 Å². The predicted octanol–water partition coefficient (Wildman–Crippen LogP) is 4.00. The zero-order chi connectivity index (χ0) is 19.9. The van der Waals surface area contributed by atoms with Gasteiger partial charge >= 0.3 is 0 Å². The normalized spacial score (nSPS) is 10.4. The van der Waals surface area contributed by atoms with Crippen LogP contribution in [-0.4, -0.2) is 22.5 Å². The van der Waals surface area contributed by atoms with Crippen molar-refractivity contribution in [3.05, 3.63) is 77.4 Å². The van der Waals surface area contributed by atoms with Gasteiger partial charge in [-0.25, -0.2) is 14.4 Å². The molecule has 0 spiro atoms. The molecule has 144 valence electrons. The van der Waals surface area contributed by atoms with E-state index in [-0.39, 0.29) is 18.1 Å². The summed E-state index contributed by atoms with van der Waals surface area (Å²) >= 11 is 0. The summed E-state index contributed by atoms with van der Waals surface area (Å²) in [6, 6.07) is 15.2. The van der Waals surface area contributed by atoms with E-state index in [1.165, 1.54) is 6.07 Å². The molecule has 0 fully saturated rings. The van der Waals surface area contributed by atoms with Crippen molar-refractivity contribution in [2.45, 2.75) is 20.4 Å². The van der Waals surface area contributed by atoms with Gasteiger partial charge in [0, 0.05) is 23.5 Å². The smallest absolute Gasteiger partial charge is 0.270 e. The molecule has 0 saturated heterocycles. The highest BCUT2D eigenvalue weighted by Gasteiger charge is 2.12. The summed E-state index contributed by atoms with van der Waals surface area (Å²) in [7, 11) is 0. The molecule has 1 heterocycles. The molecule has 3 rings (SSSR count). The molecule has 3 aromatic rings. The number of hydrogen-bond acceptors (Lipinski definition) is 5. The maximum absolute atomic E-state index is 13.7. The van der Waals surface area contributed by atoms with Crippen LogP contribution in [0.1, 0.15) is 28.7 Å². The fourth-order valence-corrected chi connectivity index (χ4v) is 2.58. The van der Waals surface area contributed by atoms with Gasteiger partial charge in [-0.3, -0.25) is 4.79 Å². The number of halogens is 1. The quantitative estimate of drug-likeness (QED) is 0.648. The number of anilines is 2. The van der Waals surface area contributed by atoms with Crippen molar-refractivity contribution >= 4 is 17.5 Å². The molecule has 6 nitrogen and oxygen atoms in total. The molecule has 1 aromatic heterocycles. The molecule has 0 aliphatic rings. The van der Waals surface area contributed by atoms with Crippen molar-refractivity contribution in [1.29, 1.82) is 0 Å². The second kappa shape index (κ2) is 8.94. The summed E-state index contributed by atoms with van der Waals surface area (Å²) in [4.78, 5) is 21.0. The Labute approximate surface area is 162 Å². The van der Waals surface area contributed by atoms with Crippen LogP contribution in [0.15, 0.2) is 54.6 Å². The highest BCUT2D eigenvalue weighted by Crippen LogP contribution is 2.18. The molecule has 0 atom stereocenters. The molecule has 0 unspecified atom stereocenters. The van der Waals surface area contributed by atoms with Crippen molar-refractivity contribution in [2.24, 2.45) is 0 Å². The molecule has 28 heavy (non-hydrogen) atoms. The first kappa shape index (κ1) is 19.3. The number of hydrogen-bond donors (Lipinski definition) is 2. The second-order valence-electron chi connectivity index (χ2n) is 6.07. The van der Waals surface area contributed by atoms with Crippen molar-refractivity contribution < 1.29 is 13.9 Å². The molecule has 2 N–H and O–H groups in total. The van der Waals surface area contributed by atoms with Gasteiger partial charge in [0.1, 0.15) is 17.3 Å². The molecule has 7 heteroatoms. The third-order valence-electron chi connectivity index (χ3n) is 3.91. The minimum atomic E-state index is -0.400. The van der Waals surface area contributed by atoms with Crippen LogP contribution in [0.4, 0.5) is 16.0 Å². The minimum Gasteiger partial charge on any atom is -0.494 e. The number of aromatic nitrogens is 2. The third-order valence-corrected chi connectivity index (χ3v) is 3.91. The van der Waals surface area contributed by atoms with Gasteiger partial charge < -0.3 is 15.4 Å². The van der Waals surface area contributed by atoms with Crippen LogP contribution >= 0.6 is 0 Å². The fourth-order valence-electron chi connectivity index (χ4n) is 2.58. The summed E-state index contributed by atoms with van der Waals surface area (Å²) in [5.74, 6) is 0.314. The van der Waals surface area contributed by atoms with Crippen molar-refractivity contribution in [2.75, 3.05) is 11.9 Å². The molecule has 0 radical (unpaired) electrons. The van der Waals surface area contributed by atoms with Crippen LogP contribution in [0.3, 0.4) is 0 Å². The van der Waals surface area contributed by atoms with E-state index in [9.17, 15) is 9.18 Å². The lowest BCUT2D eigenvalue weighted by Gasteiger charge is -2.10. The Kier molecular flexibility index (Phi) is 6.16. The number of nitrogens with zero attached hydrogens (tertiary/aromatic N) is 2. The standard InChI is InChI=1S/C21H21FN4O2/c1-3-28-17-10-8-16(9-11-17)25-21-24-14(2)12-19(26-21)20(27)23-13-15-6-4-5-7-18(15)22/h4-12H,3,13H2,1-2H3,(H,23,27)(H,24,25,26). The lowest BCUT2D eigenvalue weighted by Crippen LogP contribution is -2.25. The van der Waals surface area contributed by atoms with Crippen LogP contribution in [0.2, 0.25) is 0 Å². The summed E-state index contributed by atoms with van der Waals surface area (Å²) < 4.78 is 19.1. The maximum Gasteiger partial charge on any atom is 0.270 e. The van der Waals surface area contributed by atoms with E-state index in [2.05, 4.69) is 20.6 Å². The number of nitrogens with one attached hydrogen (secondary N) is 2. The number of carbonyl (C=O) groups is 1. The third kappa shape index (κ3) is 5.03. The van der Waals surface area contributed by atoms with E-state index in [0.29, 0.717) is 23.8 Å². The van der Waals surface area contributed by atoms with Gasteiger partial charge in [0.15, 0.2) is 0 Å². The molecule has 0 bridgehead atoms. The summed E-state index contributed by atoms with van der Waals surface area (Å²) in [6.45, 7) is 4.37. The minimum absolute atomic E-state index is 0.0796. The zero-order valence-corrected chi connectivity index (χ0v) is 15.7. The largest absolute Gasteiger partial charge is 0.494 e. The lowest BCUT2D eigenvalue weighted by atomic mass is 10.2. The van der Waals surface area contributed by atoms with Crippen molar-refractivity contribution in [1.82, 2.24) is 15.3 Å². The van der Waals surface area contributed by atoms with E-state index in [1.54, 1.807) is 31.2 Å². The Morgan fingerprint density at radius 1 is 1.11 bits per heavy atom. The maximum atomic E-state index is 13.7. The van der Waals surface area contributed by atoms with Gasteiger partial charge in [0.2, 0.25) is 5.95 Å². The molecular formula is C21H21FN4O2. The fraction of sp³-hybridized carbons (Fsp3) is 0.190. The Hall–Kier alpha value is -3.48. The topological polar surface area (TPSA) is 76.1 Å². The van der Waals surface area contributed by atoms with Crippen molar-refractivity contribution in [3.8, 4) is 5.75 Å². The highest BCUT2D eigenvalue weighted by atomic mass is 19.1. The number of amides is 1. The van der Waals surface area contributed by atoms with E-state index in [0.717, 1.165) is 11.4 Å². The van der Waals surface area contributed by atoms with E-state index in [1.807, 2.05) is 31.2 Å². The Balaban J connectivity index is 1.70. The molecule has 0 aliphatic heterocycles.